The summed E-state index contributed by atoms with van der Waals surface area (Å²) in [6, 6.07) is 12.5. The van der Waals surface area contributed by atoms with E-state index in [1.165, 1.54) is 12.3 Å². The molecule has 2 aromatic heterocycles. The van der Waals surface area contributed by atoms with Crippen LogP contribution in [0.4, 0.5) is 0 Å². The monoisotopic (exact) mass is 576 g/mol. The average Bonchev–Trinajstić information content (AvgIpc) is 3.86. The van der Waals surface area contributed by atoms with Crippen LogP contribution in [0.5, 0.6) is 11.5 Å². The number of piperidine rings is 1. The highest BCUT2D eigenvalue weighted by atomic mass is 16.5. The van der Waals surface area contributed by atoms with Gasteiger partial charge in [-0.3, -0.25) is 19.6 Å². The zero-order valence-electron chi connectivity index (χ0n) is 23.8. The first kappa shape index (κ1) is 27.1. The minimum absolute atomic E-state index is 0.0316. The third kappa shape index (κ3) is 4.98. The van der Waals surface area contributed by atoms with Crippen molar-refractivity contribution in [2.45, 2.75) is 50.5 Å². The Kier molecular flexibility index (Phi) is 6.60. The van der Waals surface area contributed by atoms with Crippen LogP contribution in [0, 0.1) is 0 Å². The van der Waals surface area contributed by atoms with Gasteiger partial charge in [-0.1, -0.05) is 6.07 Å². The van der Waals surface area contributed by atoms with E-state index in [1.54, 1.807) is 24.4 Å². The Morgan fingerprint density at radius 3 is 2.58 bits per heavy atom. The number of rotatable bonds is 6. The summed E-state index contributed by atoms with van der Waals surface area (Å²) in [5.74, 6) is 0.210. The summed E-state index contributed by atoms with van der Waals surface area (Å²) in [4.78, 5) is 48.9. The average molecular weight is 577 g/mol. The Bertz CT molecular complexity index is 1790. The van der Waals surface area contributed by atoms with Gasteiger partial charge in [0, 0.05) is 77.9 Å². The number of aromatic carboxylic acids is 1. The fraction of sp³-hybridized carbons (Fsp3) is 0.324. The second-order valence-electron chi connectivity index (χ2n) is 11.6. The summed E-state index contributed by atoms with van der Waals surface area (Å²) in [5, 5.41) is 13.2. The predicted octanol–water partition coefficient (Wildman–Crippen LogP) is 4.58. The highest BCUT2D eigenvalue weighted by Crippen LogP contribution is 2.44. The molecule has 9 nitrogen and oxygen atoms in total. The first-order chi connectivity index (χ1) is 20.8. The maximum Gasteiger partial charge on any atom is 0.254 e. The number of hydrogen-bond donors (Lipinski definition) is 0. The van der Waals surface area contributed by atoms with Gasteiger partial charge in [0.05, 0.1) is 30.3 Å². The number of carbonyl (C=O) groups excluding carboxylic acids is 3. The van der Waals surface area contributed by atoms with Crippen molar-refractivity contribution in [1.29, 1.82) is 0 Å². The van der Waals surface area contributed by atoms with Crippen molar-refractivity contribution in [2.75, 3.05) is 19.7 Å². The number of ketones is 1. The SMILES string of the molecule is CCOc1cc(C(=O)N2CCC3(CC2)CC(=O)c2cc(-c4cncc(C(=O)[O-])c4)ccc2O3)cc2c(C3CC3)nccc12. The van der Waals surface area contributed by atoms with Gasteiger partial charge in [0.25, 0.3) is 5.91 Å². The largest absolute Gasteiger partial charge is 0.545 e. The van der Waals surface area contributed by atoms with Gasteiger partial charge in [0.15, 0.2) is 5.78 Å². The van der Waals surface area contributed by atoms with Crippen LogP contribution in [0.1, 0.15) is 81.7 Å². The summed E-state index contributed by atoms with van der Waals surface area (Å²) in [6.07, 6.45) is 8.09. The number of ether oxygens (including phenoxy) is 2. The lowest BCUT2D eigenvalue weighted by Crippen LogP contribution is -2.52. The quantitative estimate of drug-likeness (QED) is 0.327. The molecule has 218 valence electrons. The van der Waals surface area contributed by atoms with Gasteiger partial charge in [-0.05, 0) is 61.7 Å². The number of amides is 1. The number of benzene rings is 2. The maximum absolute atomic E-state index is 13.8. The summed E-state index contributed by atoms with van der Waals surface area (Å²) < 4.78 is 12.4. The lowest BCUT2D eigenvalue weighted by atomic mass is 9.82. The van der Waals surface area contributed by atoms with Crippen LogP contribution in [0.3, 0.4) is 0 Å². The number of nitrogens with zero attached hydrogens (tertiary/aromatic N) is 3. The fourth-order valence-corrected chi connectivity index (χ4v) is 6.31. The molecule has 1 saturated carbocycles. The predicted molar refractivity (Wildman–Crippen MR) is 156 cm³/mol. The Labute approximate surface area is 248 Å². The molecule has 2 fully saturated rings. The second-order valence-corrected chi connectivity index (χ2v) is 11.6. The molecule has 43 heavy (non-hydrogen) atoms. The number of hydrogen-bond acceptors (Lipinski definition) is 8. The van der Waals surface area contributed by atoms with Crippen LogP contribution in [0.15, 0.2) is 61.1 Å². The molecule has 0 bridgehead atoms. The number of aromatic nitrogens is 2. The lowest BCUT2D eigenvalue weighted by molar-refractivity contribution is -0.255. The third-order valence-electron chi connectivity index (χ3n) is 8.74. The van der Waals surface area contributed by atoms with Crippen molar-refractivity contribution in [3.63, 3.8) is 0 Å². The standard InChI is InChI=1S/C34H31N3O6/c1-2-42-30-16-22(15-26-25(30)7-10-36-31(26)20-3-4-20)32(39)37-11-8-34(9-12-37)17-28(38)27-14-21(5-6-29(27)43-34)23-13-24(33(40)41)19-35-18-23/h5-7,10,13-16,18-20H,2-4,8-9,11-12,17H2,1H3,(H,40,41)/p-1. The van der Waals surface area contributed by atoms with E-state index in [2.05, 4.69) is 9.97 Å². The lowest BCUT2D eigenvalue weighted by Gasteiger charge is -2.44. The molecule has 0 unspecified atom stereocenters. The van der Waals surface area contributed by atoms with Gasteiger partial charge in [0.1, 0.15) is 17.1 Å². The number of pyridine rings is 2. The Morgan fingerprint density at radius 1 is 1.02 bits per heavy atom. The number of likely N-dealkylation sites (tertiary alicyclic amines) is 1. The molecular formula is C34H30N3O6-. The summed E-state index contributed by atoms with van der Waals surface area (Å²) >= 11 is 0. The molecule has 1 saturated heterocycles. The van der Waals surface area contributed by atoms with Crippen molar-refractivity contribution in [3.8, 4) is 22.6 Å². The van der Waals surface area contributed by atoms with Gasteiger partial charge in [-0.15, -0.1) is 0 Å². The van der Waals surface area contributed by atoms with Crippen LogP contribution in [0.2, 0.25) is 0 Å². The number of Topliss-reactive ketones (excluding diaryl/α,β-unsaturated/α-hetero) is 1. The minimum Gasteiger partial charge on any atom is -0.545 e. The number of carboxylic acid groups (broad SMARTS) is 1. The van der Waals surface area contributed by atoms with Crippen LogP contribution in [-0.4, -0.2) is 57.8 Å². The number of fused-ring (bicyclic) bond motifs is 2. The van der Waals surface area contributed by atoms with Crippen LogP contribution >= 0.6 is 0 Å². The molecule has 3 aliphatic rings. The number of carboxylic acids is 1. The fourth-order valence-electron chi connectivity index (χ4n) is 6.31. The Hall–Kier alpha value is -4.79. The first-order valence-electron chi connectivity index (χ1n) is 14.7. The number of carbonyl (C=O) groups is 3. The van der Waals surface area contributed by atoms with E-state index < -0.39 is 11.6 Å². The van der Waals surface area contributed by atoms with Gasteiger partial charge in [0.2, 0.25) is 0 Å². The van der Waals surface area contributed by atoms with Crippen LogP contribution < -0.4 is 14.6 Å². The molecule has 4 aromatic rings. The molecule has 1 amide bonds. The molecule has 9 heteroatoms. The van der Waals surface area contributed by atoms with E-state index in [1.807, 2.05) is 36.2 Å². The minimum atomic E-state index is -1.31. The molecule has 2 aliphatic heterocycles. The van der Waals surface area contributed by atoms with Gasteiger partial charge < -0.3 is 24.3 Å². The highest BCUT2D eigenvalue weighted by molar-refractivity contribution is 6.03. The van der Waals surface area contributed by atoms with Gasteiger partial charge in [-0.2, -0.15) is 0 Å². The van der Waals surface area contributed by atoms with E-state index in [0.29, 0.717) is 72.2 Å². The first-order valence-corrected chi connectivity index (χ1v) is 14.7. The van der Waals surface area contributed by atoms with Crippen LogP contribution in [-0.2, 0) is 0 Å². The second kappa shape index (κ2) is 10.5. The molecule has 1 spiro atoms. The van der Waals surface area contributed by atoms with Crippen molar-refractivity contribution >= 4 is 28.4 Å². The molecular weight excluding hydrogens is 546 g/mol. The van der Waals surface area contributed by atoms with E-state index in [0.717, 1.165) is 29.3 Å². The summed E-state index contributed by atoms with van der Waals surface area (Å²) in [6.45, 7) is 3.36. The summed E-state index contributed by atoms with van der Waals surface area (Å²) in [7, 11) is 0. The van der Waals surface area contributed by atoms with Crippen molar-refractivity contribution < 1.29 is 29.0 Å². The molecule has 2 aromatic carbocycles. The van der Waals surface area contributed by atoms with Gasteiger partial charge >= 0.3 is 0 Å². The van der Waals surface area contributed by atoms with Crippen LogP contribution in [0.25, 0.3) is 21.9 Å². The molecule has 1 aliphatic carbocycles. The van der Waals surface area contributed by atoms with Crippen molar-refractivity contribution in [1.82, 2.24) is 14.9 Å². The van der Waals surface area contributed by atoms with Crippen molar-refractivity contribution in [3.05, 3.63) is 83.4 Å². The summed E-state index contributed by atoms with van der Waals surface area (Å²) in [5.41, 5.74) is 2.61. The van der Waals surface area contributed by atoms with E-state index in [4.69, 9.17) is 9.47 Å². The zero-order chi connectivity index (χ0) is 29.7. The molecule has 4 heterocycles. The molecule has 0 atom stereocenters. The molecule has 0 N–H and O–H groups in total. The molecule has 7 rings (SSSR count). The van der Waals surface area contributed by atoms with Crippen molar-refractivity contribution in [2.24, 2.45) is 0 Å². The third-order valence-corrected chi connectivity index (χ3v) is 8.74. The maximum atomic E-state index is 13.8. The van der Waals surface area contributed by atoms with E-state index in [-0.39, 0.29) is 23.7 Å². The van der Waals surface area contributed by atoms with E-state index in [9.17, 15) is 19.5 Å². The normalized spacial score (nSPS) is 17.4. The topological polar surface area (TPSA) is 122 Å². The highest BCUT2D eigenvalue weighted by Gasteiger charge is 2.44. The van der Waals surface area contributed by atoms with E-state index >= 15 is 0 Å². The van der Waals surface area contributed by atoms with Gasteiger partial charge in [-0.25, -0.2) is 0 Å². The zero-order valence-corrected chi connectivity index (χ0v) is 23.8. The smallest absolute Gasteiger partial charge is 0.254 e. The molecule has 0 radical (unpaired) electrons. The Balaban J connectivity index is 1.10. The Morgan fingerprint density at radius 2 is 1.84 bits per heavy atom.